The van der Waals surface area contributed by atoms with Crippen LogP contribution >= 0.6 is 11.6 Å². The number of nitro benzene ring substituents is 1. The summed E-state index contributed by atoms with van der Waals surface area (Å²) < 4.78 is 1.64. The Bertz CT molecular complexity index is 885. The van der Waals surface area contributed by atoms with Crippen molar-refractivity contribution in [1.82, 2.24) is 14.8 Å². The van der Waals surface area contributed by atoms with Crippen LogP contribution in [-0.4, -0.2) is 26.7 Å². The van der Waals surface area contributed by atoms with E-state index < -0.39 is 4.92 Å². The molecule has 0 bridgehead atoms. The third-order valence-electron chi connectivity index (χ3n) is 3.48. The first-order valence-corrected chi connectivity index (χ1v) is 7.68. The molecule has 0 aliphatic carbocycles. The van der Waals surface area contributed by atoms with Gasteiger partial charge >= 0.3 is 0 Å². The molecule has 25 heavy (non-hydrogen) atoms. The smallest absolute Gasteiger partial charge is 0.295 e. The molecule has 0 spiro atoms. The van der Waals surface area contributed by atoms with Crippen molar-refractivity contribution in [3.63, 3.8) is 0 Å². The van der Waals surface area contributed by atoms with Crippen LogP contribution in [0.1, 0.15) is 5.56 Å². The van der Waals surface area contributed by atoms with Gasteiger partial charge in [0.2, 0.25) is 0 Å². The fraction of sp³-hybridized carbons (Fsp3) is 0.125. The van der Waals surface area contributed by atoms with Crippen LogP contribution in [0.3, 0.4) is 0 Å². The van der Waals surface area contributed by atoms with Gasteiger partial charge in [0.25, 0.3) is 5.69 Å². The normalized spacial score (nSPS) is 10.5. The molecule has 8 nitrogen and oxygen atoms in total. The van der Waals surface area contributed by atoms with Crippen LogP contribution in [0.2, 0.25) is 5.02 Å². The summed E-state index contributed by atoms with van der Waals surface area (Å²) >= 11 is 6.07. The zero-order valence-electron chi connectivity index (χ0n) is 13.2. The number of nitro groups is 1. The largest absolute Gasteiger partial charge is 0.379 e. The van der Waals surface area contributed by atoms with Gasteiger partial charge in [-0.2, -0.15) is 5.10 Å². The van der Waals surface area contributed by atoms with Crippen LogP contribution in [0, 0.1) is 10.1 Å². The molecule has 1 heterocycles. The molecule has 1 aromatic heterocycles. The summed E-state index contributed by atoms with van der Waals surface area (Å²) in [5.41, 5.74) is 1.09. The van der Waals surface area contributed by atoms with Crippen LogP contribution in [0.15, 0.2) is 55.1 Å². The highest BCUT2D eigenvalue weighted by molar-refractivity contribution is 6.30. The first kappa shape index (κ1) is 16.7. The Balaban J connectivity index is 1.89. The number of nitrogens with zero attached hydrogens (tertiary/aromatic N) is 5. The fourth-order valence-electron chi connectivity index (χ4n) is 2.31. The van der Waals surface area contributed by atoms with Gasteiger partial charge in [0.15, 0.2) is 11.4 Å². The third kappa shape index (κ3) is 3.86. The van der Waals surface area contributed by atoms with Gasteiger partial charge in [-0.05, 0) is 12.1 Å². The minimum atomic E-state index is -0.455. The highest BCUT2D eigenvalue weighted by Crippen LogP contribution is 2.30. The first-order chi connectivity index (χ1) is 12.0. The van der Waals surface area contributed by atoms with E-state index in [1.165, 1.54) is 17.5 Å². The zero-order chi connectivity index (χ0) is 17.8. The van der Waals surface area contributed by atoms with Gasteiger partial charge in [0, 0.05) is 29.8 Å². The van der Waals surface area contributed by atoms with Crippen molar-refractivity contribution >= 4 is 23.0 Å². The quantitative estimate of drug-likeness (QED) is 0.495. The van der Waals surface area contributed by atoms with E-state index in [1.54, 1.807) is 48.4 Å². The Hall–Kier alpha value is -3.13. The lowest BCUT2D eigenvalue weighted by atomic mass is 10.2. The molecule has 3 rings (SSSR count). The summed E-state index contributed by atoms with van der Waals surface area (Å²) in [7, 11) is 1.60. The van der Waals surface area contributed by atoms with Crippen molar-refractivity contribution in [3.05, 3.63) is 75.8 Å². The molecule has 9 heteroatoms. The topological polar surface area (TPSA) is 86.3 Å². The van der Waals surface area contributed by atoms with Gasteiger partial charge in [-0.25, -0.2) is 14.7 Å². The van der Waals surface area contributed by atoms with Crippen molar-refractivity contribution in [1.29, 1.82) is 0 Å². The minimum Gasteiger partial charge on any atom is -0.379 e. The molecule has 0 saturated carbocycles. The highest BCUT2D eigenvalue weighted by atomic mass is 35.5. The monoisotopic (exact) mass is 359 g/mol. The Morgan fingerprint density at radius 2 is 2.12 bits per heavy atom. The van der Waals surface area contributed by atoms with Gasteiger partial charge in [0.1, 0.15) is 12.7 Å². The van der Waals surface area contributed by atoms with Crippen molar-refractivity contribution in [2.75, 3.05) is 12.1 Å². The maximum atomic E-state index is 11.2. The molecule has 0 aliphatic heterocycles. The van der Waals surface area contributed by atoms with Gasteiger partial charge in [-0.3, -0.25) is 10.1 Å². The maximum Gasteiger partial charge on any atom is 0.295 e. The second kappa shape index (κ2) is 7.18. The van der Waals surface area contributed by atoms with Crippen LogP contribution in [0.4, 0.5) is 11.4 Å². The van der Waals surface area contributed by atoms with E-state index in [0.717, 1.165) is 5.56 Å². The average Bonchev–Trinajstić information content (AvgIpc) is 3.10. The number of benzene rings is 2. The number of para-hydroxylation sites is 2. The van der Waals surface area contributed by atoms with E-state index in [1.807, 2.05) is 6.07 Å². The summed E-state index contributed by atoms with van der Waals surface area (Å²) in [6.45, 7) is 0.428. The second-order valence-corrected chi connectivity index (χ2v) is 5.62. The molecule has 0 radical (unpaired) electrons. The van der Waals surface area contributed by atoms with Gasteiger partial charge in [-0.1, -0.05) is 29.8 Å². The Kier molecular flexibility index (Phi) is 4.80. The number of hydrogen-bond donors (Lipinski definition) is 0. The van der Waals surface area contributed by atoms with Crippen molar-refractivity contribution in [3.8, 4) is 5.75 Å². The summed E-state index contributed by atoms with van der Waals surface area (Å²) in [6.07, 6.45) is 3.03. The molecule has 128 valence electrons. The number of aromatic nitrogens is 3. The van der Waals surface area contributed by atoms with E-state index in [-0.39, 0.29) is 5.69 Å². The fourth-order valence-corrected chi connectivity index (χ4v) is 2.48. The minimum absolute atomic E-state index is 0.0511. The molecule has 0 atom stereocenters. The van der Waals surface area contributed by atoms with E-state index in [9.17, 15) is 10.1 Å². The predicted molar refractivity (Wildman–Crippen MR) is 92.7 cm³/mol. The lowest BCUT2D eigenvalue weighted by molar-refractivity contribution is -0.384. The molecule has 0 N–H and O–H groups in total. The van der Waals surface area contributed by atoms with E-state index in [4.69, 9.17) is 16.4 Å². The van der Waals surface area contributed by atoms with E-state index >= 15 is 0 Å². The Labute approximate surface area is 148 Å². The maximum absolute atomic E-state index is 11.2. The third-order valence-corrected chi connectivity index (χ3v) is 3.72. The highest BCUT2D eigenvalue weighted by Gasteiger charge is 2.18. The summed E-state index contributed by atoms with van der Waals surface area (Å²) in [5.74, 6) is 0.476. The van der Waals surface area contributed by atoms with Crippen molar-refractivity contribution in [2.45, 2.75) is 6.54 Å². The Morgan fingerprint density at radius 1 is 1.32 bits per heavy atom. The van der Waals surface area contributed by atoms with E-state index in [0.29, 0.717) is 23.0 Å². The Morgan fingerprint density at radius 3 is 2.84 bits per heavy atom. The first-order valence-electron chi connectivity index (χ1n) is 7.30. The standard InChI is InChI=1S/C16H14ClN5O3/c1-20(14-4-2-3-5-15(14)22(23)24)25-16-8-13(17)7-6-12(16)9-21-11-18-10-19-21/h2-8,10-11H,9H2,1H3. The summed E-state index contributed by atoms with van der Waals surface area (Å²) in [6, 6.07) is 11.5. The van der Waals surface area contributed by atoms with Crippen LogP contribution in [0.25, 0.3) is 0 Å². The molecule has 0 aliphatic rings. The van der Waals surface area contributed by atoms with Gasteiger partial charge < -0.3 is 4.84 Å². The van der Waals surface area contributed by atoms with Crippen molar-refractivity contribution < 1.29 is 9.76 Å². The number of halogens is 1. The van der Waals surface area contributed by atoms with E-state index in [2.05, 4.69) is 10.1 Å². The zero-order valence-corrected chi connectivity index (χ0v) is 14.0. The van der Waals surface area contributed by atoms with Crippen LogP contribution in [0.5, 0.6) is 5.75 Å². The molecule has 0 amide bonds. The number of anilines is 1. The van der Waals surface area contributed by atoms with Gasteiger partial charge in [0.05, 0.1) is 11.5 Å². The molecule has 2 aromatic carbocycles. The lowest BCUT2D eigenvalue weighted by Crippen LogP contribution is -2.23. The molecule has 0 unspecified atom stereocenters. The number of hydroxylamine groups is 1. The predicted octanol–water partition coefficient (Wildman–Crippen LogP) is 3.32. The van der Waals surface area contributed by atoms with Crippen LogP contribution < -0.4 is 9.90 Å². The van der Waals surface area contributed by atoms with Crippen LogP contribution in [-0.2, 0) is 6.54 Å². The summed E-state index contributed by atoms with van der Waals surface area (Å²) in [4.78, 5) is 20.5. The number of rotatable bonds is 6. The second-order valence-electron chi connectivity index (χ2n) is 5.18. The molecular formula is C16H14ClN5O3. The lowest BCUT2D eigenvalue weighted by Gasteiger charge is -2.21. The SMILES string of the molecule is CN(Oc1cc(Cl)ccc1Cn1cncn1)c1ccccc1[N+](=O)[O-]. The molecule has 3 aromatic rings. The molecule has 0 fully saturated rings. The summed E-state index contributed by atoms with van der Waals surface area (Å²) in [5, 5.41) is 17.1. The van der Waals surface area contributed by atoms with Crippen molar-refractivity contribution in [2.24, 2.45) is 0 Å². The molecular weight excluding hydrogens is 346 g/mol. The molecule has 0 saturated heterocycles. The number of hydrogen-bond acceptors (Lipinski definition) is 6. The van der Waals surface area contributed by atoms with Gasteiger partial charge in [-0.15, -0.1) is 0 Å². The average molecular weight is 360 g/mol.